The van der Waals surface area contributed by atoms with Crippen molar-refractivity contribution in [3.63, 3.8) is 0 Å². The van der Waals surface area contributed by atoms with Gasteiger partial charge in [0, 0.05) is 16.1 Å². The molecule has 0 saturated carbocycles. The molecule has 0 aliphatic carbocycles. The third-order valence-corrected chi connectivity index (χ3v) is 2.90. The Bertz CT molecular complexity index is 354. The van der Waals surface area contributed by atoms with Crippen LogP contribution in [0.25, 0.3) is 0 Å². The zero-order chi connectivity index (χ0) is 10.0. The second-order valence-electron chi connectivity index (χ2n) is 2.51. The van der Waals surface area contributed by atoms with Crippen LogP contribution < -0.4 is 0 Å². The van der Waals surface area contributed by atoms with Gasteiger partial charge in [-0.3, -0.25) is 10.1 Å². The van der Waals surface area contributed by atoms with Crippen LogP contribution in [0.2, 0.25) is 5.02 Å². The van der Waals surface area contributed by atoms with E-state index in [1.54, 1.807) is 6.07 Å². The van der Waals surface area contributed by atoms with Gasteiger partial charge >= 0.3 is 0 Å². The van der Waals surface area contributed by atoms with Gasteiger partial charge in [0.2, 0.25) is 0 Å². The van der Waals surface area contributed by atoms with E-state index in [0.29, 0.717) is 21.5 Å². The second-order valence-corrected chi connectivity index (χ2v) is 3.77. The first-order valence-electron chi connectivity index (χ1n) is 3.68. The van der Waals surface area contributed by atoms with Crippen LogP contribution in [0.15, 0.2) is 16.6 Å². The zero-order valence-electron chi connectivity index (χ0n) is 6.88. The highest BCUT2D eigenvalue weighted by atomic mass is 79.9. The summed E-state index contributed by atoms with van der Waals surface area (Å²) >= 11 is 8.95. The van der Waals surface area contributed by atoms with Crippen LogP contribution in [0.3, 0.4) is 0 Å². The molecule has 70 valence electrons. The molecule has 0 bridgehead atoms. The molecular formula is C8H7BrClNO2. The first kappa shape index (κ1) is 10.5. The molecule has 0 fully saturated rings. The fourth-order valence-electron chi connectivity index (χ4n) is 1.03. The minimum absolute atomic E-state index is 0.0794. The van der Waals surface area contributed by atoms with Crippen molar-refractivity contribution in [1.29, 1.82) is 0 Å². The molecule has 0 N–H and O–H groups in total. The van der Waals surface area contributed by atoms with Crippen LogP contribution in [0.5, 0.6) is 0 Å². The van der Waals surface area contributed by atoms with Crippen molar-refractivity contribution in [2.75, 3.05) is 0 Å². The van der Waals surface area contributed by atoms with Gasteiger partial charge in [-0.2, -0.15) is 0 Å². The minimum atomic E-state index is -0.419. The highest BCUT2D eigenvalue weighted by Gasteiger charge is 2.14. The van der Waals surface area contributed by atoms with Crippen LogP contribution in [0, 0.1) is 10.1 Å². The predicted octanol–water partition coefficient (Wildman–Crippen LogP) is 3.57. The topological polar surface area (TPSA) is 43.1 Å². The van der Waals surface area contributed by atoms with Crippen molar-refractivity contribution in [3.05, 3.63) is 37.3 Å². The minimum Gasteiger partial charge on any atom is -0.258 e. The molecular weight excluding hydrogens is 257 g/mol. The van der Waals surface area contributed by atoms with Gasteiger partial charge in [-0.15, -0.1) is 0 Å². The Morgan fingerprint density at radius 2 is 2.23 bits per heavy atom. The second kappa shape index (κ2) is 4.07. The largest absolute Gasteiger partial charge is 0.274 e. The van der Waals surface area contributed by atoms with Crippen LogP contribution in [-0.2, 0) is 6.42 Å². The molecule has 0 saturated heterocycles. The molecule has 1 aromatic carbocycles. The Morgan fingerprint density at radius 3 is 2.69 bits per heavy atom. The number of rotatable bonds is 2. The smallest absolute Gasteiger partial charge is 0.258 e. The molecule has 0 aromatic heterocycles. The van der Waals surface area contributed by atoms with E-state index < -0.39 is 4.92 Å². The van der Waals surface area contributed by atoms with E-state index in [9.17, 15) is 10.1 Å². The summed E-state index contributed by atoms with van der Waals surface area (Å²) in [7, 11) is 0. The lowest BCUT2D eigenvalue weighted by Gasteiger charge is -2.01. The third kappa shape index (κ3) is 2.19. The SMILES string of the molecule is CCc1cc(Br)c(Cl)cc1[N+](=O)[O-]. The third-order valence-electron chi connectivity index (χ3n) is 1.70. The Balaban J connectivity index is 3.33. The molecule has 0 heterocycles. The van der Waals surface area contributed by atoms with Crippen molar-refractivity contribution >= 4 is 33.2 Å². The zero-order valence-corrected chi connectivity index (χ0v) is 9.22. The van der Waals surface area contributed by atoms with Crippen molar-refractivity contribution in [3.8, 4) is 0 Å². The molecule has 13 heavy (non-hydrogen) atoms. The van der Waals surface area contributed by atoms with Crippen molar-refractivity contribution in [2.24, 2.45) is 0 Å². The maximum Gasteiger partial charge on any atom is 0.274 e. The van der Waals surface area contributed by atoms with Gasteiger partial charge in [0.25, 0.3) is 5.69 Å². The first-order chi connectivity index (χ1) is 6.06. The quantitative estimate of drug-likeness (QED) is 0.605. The highest BCUT2D eigenvalue weighted by Crippen LogP contribution is 2.30. The van der Waals surface area contributed by atoms with Crippen LogP contribution in [-0.4, -0.2) is 4.92 Å². The number of nitro benzene ring substituents is 1. The van der Waals surface area contributed by atoms with E-state index in [0.717, 1.165) is 0 Å². The molecule has 0 aliphatic heterocycles. The molecule has 3 nitrogen and oxygen atoms in total. The first-order valence-corrected chi connectivity index (χ1v) is 4.85. The number of aryl methyl sites for hydroxylation is 1. The van der Waals surface area contributed by atoms with Crippen LogP contribution in [0.4, 0.5) is 5.69 Å². The van der Waals surface area contributed by atoms with E-state index in [1.165, 1.54) is 6.07 Å². The van der Waals surface area contributed by atoms with Gasteiger partial charge in [0.1, 0.15) is 0 Å². The van der Waals surface area contributed by atoms with E-state index in [4.69, 9.17) is 11.6 Å². The van der Waals surface area contributed by atoms with Crippen LogP contribution in [0.1, 0.15) is 12.5 Å². The lowest BCUT2D eigenvalue weighted by atomic mass is 10.1. The maximum atomic E-state index is 10.6. The van der Waals surface area contributed by atoms with Crippen molar-refractivity contribution < 1.29 is 4.92 Å². The molecule has 0 atom stereocenters. The van der Waals surface area contributed by atoms with Crippen LogP contribution >= 0.6 is 27.5 Å². The number of nitrogens with zero attached hydrogens (tertiary/aromatic N) is 1. The van der Waals surface area contributed by atoms with Crippen molar-refractivity contribution in [1.82, 2.24) is 0 Å². The number of hydrogen-bond donors (Lipinski definition) is 0. The Hall–Kier alpha value is -0.610. The number of benzene rings is 1. The van der Waals surface area contributed by atoms with Gasteiger partial charge < -0.3 is 0 Å². The normalized spacial score (nSPS) is 10.1. The number of halogens is 2. The monoisotopic (exact) mass is 263 g/mol. The summed E-state index contributed by atoms with van der Waals surface area (Å²) in [5.41, 5.74) is 0.761. The van der Waals surface area contributed by atoms with E-state index in [2.05, 4.69) is 15.9 Å². The summed E-state index contributed by atoms with van der Waals surface area (Å²) in [6, 6.07) is 3.05. The van der Waals surface area contributed by atoms with E-state index in [-0.39, 0.29) is 5.69 Å². The molecule has 0 spiro atoms. The maximum absolute atomic E-state index is 10.6. The summed E-state index contributed by atoms with van der Waals surface area (Å²) in [4.78, 5) is 10.2. The van der Waals surface area contributed by atoms with E-state index >= 15 is 0 Å². The molecule has 0 amide bonds. The van der Waals surface area contributed by atoms with Gasteiger partial charge in [-0.1, -0.05) is 18.5 Å². The Labute approximate surface area is 89.0 Å². The average Bonchev–Trinajstić information content (AvgIpc) is 2.08. The summed E-state index contributed by atoms with van der Waals surface area (Å²) in [6.45, 7) is 1.86. The number of hydrogen-bond acceptors (Lipinski definition) is 2. The van der Waals surface area contributed by atoms with Gasteiger partial charge in [0.15, 0.2) is 0 Å². The predicted molar refractivity (Wildman–Crippen MR) is 55.2 cm³/mol. The summed E-state index contributed by atoms with van der Waals surface area (Å²) in [5.74, 6) is 0. The van der Waals surface area contributed by atoms with Gasteiger partial charge in [0.05, 0.1) is 9.95 Å². The standard InChI is InChI=1S/C8H7BrClNO2/c1-2-5-3-6(9)7(10)4-8(5)11(12)13/h3-4H,2H2,1H3. The average molecular weight is 265 g/mol. The molecule has 1 aromatic rings. The lowest BCUT2D eigenvalue weighted by Crippen LogP contribution is -1.94. The molecule has 0 radical (unpaired) electrons. The van der Waals surface area contributed by atoms with Crippen molar-refractivity contribution in [2.45, 2.75) is 13.3 Å². The fraction of sp³-hybridized carbons (Fsp3) is 0.250. The highest BCUT2D eigenvalue weighted by molar-refractivity contribution is 9.10. The molecule has 5 heteroatoms. The van der Waals surface area contributed by atoms with Gasteiger partial charge in [-0.25, -0.2) is 0 Å². The summed E-state index contributed by atoms with van der Waals surface area (Å²) in [6.07, 6.45) is 0.617. The molecule has 0 unspecified atom stereocenters. The fourth-order valence-corrected chi connectivity index (χ4v) is 1.58. The number of nitro groups is 1. The summed E-state index contributed by atoms with van der Waals surface area (Å²) < 4.78 is 0.691. The molecule has 0 aliphatic rings. The summed E-state index contributed by atoms with van der Waals surface area (Å²) in [5, 5.41) is 10.9. The molecule has 1 rings (SSSR count). The Kier molecular flexibility index (Phi) is 3.27. The Morgan fingerprint density at radius 1 is 1.62 bits per heavy atom. The van der Waals surface area contributed by atoms with Gasteiger partial charge in [-0.05, 0) is 28.4 Å². The lowest BCUT2D eigenvalue weighted by molar-refractivity contribution is -0.385. The van der Waals surface area contributed by atoms with E-state index in [1.807, 2.05) is 6.92 Å².